The lowest BCUT2D eigenvalue weighted by Crippen LogP contribution is -2.58. The first kappa shape index (κ1) is 14.5. The molecule has 4 fully saturated rings. The molecular formula is C18H22N2O4. The van der Waals surface area contributed by atoms with Gasteiger partial charge in [0, 0.05) is 17.6 Å². The van der Waals surface area contributed by atoms with Crippen LogP contribution in [0.25, 0.3) is 0 Å². The third-order valence-corrected chi connectivity index (χ3v) is 6.46. The van der Waals surface area contributed by atoms with Crippen LogP contribution >= 0.6 is 0 Å². The van der Waals surface area contributed by atoms with E-state index in [9.17, 15) is 10.1 Å². The van der Waals surface area contributed by atoms with Gasteiger partial charge in [0.1, 0.15) is 0 Å². The molecule has 6 heteroatoms. The van der Waals surface area contributed by atoms with Gasteiger partial charge in [0.05, 0.1) is 11.0 Å². The van der Waals surface area contributed by atoms with Gasteiger partial charge in [0.15, 0.2) is 11.5 Å². The van der Waals surface area contributed by atoms with Gasteiger partial charge in [-0.3, -0.25) is 10.1 Å². The van der Waals surface area contributed by atoms with E-state index in [1.165, 1.54) is 44.6 Å². The number of benzene rings is 1. The van der Waals surface area contributed by atoms with Gasteiger partial charge in [0.2, 0.25) is 6.79 Å². The van der Waals surface area contributed by atoms with Gasteiger partial charge in [0.25, 0.3) is 5.69 Å². The number of nitro groups is 1. The van der Waals surface area contributed by atoms with E-state index >= 15 is 0 Å². The van der Waals surface area contributed by atoms with E-state index in [2.05, 4.69) is 5.32 Å². The molecule has 0 amide bonds. The van der Waals surface area contributed by atoms with Crippen LogP contribution in [0.2, 0.25) is 0 Å². The van der Waals surface area contributed by atoms with Crippen LogP contribution in [0.15, 0.2) is 12.1 Å². The second-order valence-corrected chi connectivity index (χ2v) is 8.14. The third-order valence-electron chi connectivity index (χ3n) is 6.46. The molecule has 0 spiro atoms. The summed E-state index contributed by atoms with van der Waals surface area (Å²) in [4.78, 5) is 11.1. The molecule has 0 unspecified atom stereocenters. The quantitative estimate of drug-likeness (QED) is 0.677. The summed E-state index contributed by atoms with van der Waals surface area (Å²) in [7, 11) is 0. The predicted molar refractivity (Wildman–Crippen MR) is 87.0 cm³/mol. The molecule has 0 saturated heterocycles. The number of nitrogens with one attached hydrogen (secondary N) is 1. The Balaban J connectivity index is 1.39. The second kappa shape index (κ2) is 5.09. The highest BCUT2D eigenvalue weighted by atomic mass is 16.7. The minimum Gasteiger partial charge on any atom is -0.454 e. The van der Waals surface area contributed by atoms with Crippen molar-refractivity contribution in [1.29, 1.82) is 0 Å². The van der Waals surface area contributed by atoms with Crippen molar-refractivity contribution >= 4 is 5.69 Å². The first-order chi connectivity index (χ1) is 11.6. The zero-order chi connectivity index (χ0) is 16.3. The molecule has 6 rings (SSSR count). The smallest absolute Gasteiger partial charge is 0.277 e. The Morgan fingerprint density at radius 3 is 2.25 bits per heavy atom. The predicted octanol–water partition coefficient (Wildman–Crippen LogP) is 3.38. The van der Waals surface area contributed by atoms with E-state index in [0.29, 0.717) is 23.6 Å². The van der Waals surface area contributed by atoms with Crippen molar-refractivity contribution < 1.29 is 14.4 Å². The summed E-state index contributed by atoms with van der Waals surface area (Å²) in [5.41, 5.74) is 1.01. The highest BCUT2D eigenvalue weighted by Gasteiger charge is 2.50. The van der Waals surface area contributed by atoms with Crippen LogP contribution in [0.3, 0.4) is 0 Å². The van der Waals surface area contributed by atoms with Gasteiger partial charge >= 0.3 is 0 Å². The highest BCUT2D eigenvalue weighted by Crippen LogP contribution is 2.55. The van der Waals surface area contributed by atoms with Crippen LogP contribution in [0.4, 0.5) is 5.69 Å². The van der Waals surface area contributed by atoms with E-state index in [0.717, 1.165) is 17.8 Å². The molecule has 1 aromatic rings. The van der Waals surface area contributed by atoms with E-state index in [4.69, 9.17) is 9.47 Å². The first-order valence-corrected chi connectivity index (χ1v) is 8.92. The molecular weight excluding hydrogens is 308 g/mol. The molecule has 128 valence electrons. The van der Waals surface area contributed by atoms with Crippen molar-refractivity contribution in [3.63, 3.8) is 0 Å². The molecule has 4 bridgehead atoms. The fourth-order valence-corrected chi connectivity index (χ4v) is 5.89. The largest absolute Gasteiger partial charge is 0.454 e. The van der Waals surface area contributed by atoms with E-state index in [-0.39, 0.29) is 22.9 Å². The molecule has 5 aliphatic rings. The summed E-state index contributed by atoms with van der Waals surface area (Å²) in [6.45, 7) is 0.664. The number of nitro benzene ring substituents is 1. The van der Waals surface area contributed by atoms with E-state index in [1.807, 2.05) is 0 Å². The Kier molecular flexibility index (Phi) is 3.08. The molecule has 1 aromatic carbocycles. The Labute approximate surface area is 140 Å². The normalized spacial score (nSPS) is 35.4. The average molecular weight is 330 g/mol. The zero-order valence-electron chi connectivity index (χ0n) is 13.6. The molecule has 0 atom stereocenters. The van der Waals surface area contributed by atoms with Gasteiger partial charge < -0.3 is 14.8 Å². The Morgan fingerprint density at radius 2 is 1.67 bits per heavy atom. The van der Waals surface area contributed by atoms with Gasteiger partial charge in [-0.2, -0.15) is 0 Å². The van der Waals surface area contributed by atoms with E-state index < -0.39 is 0 Å². The summed E-state index contributed by atoms with van der Waals surface area (Å²) in [6, 6.07) is 3.27. The van der Waals surface area contributed by atoms with Crippen LogP contribution in [0.1, 0.15) is 44.1 Å². The van der Waals surface area contributed by atoms with Gasteiger partial charge in [-0.05, 0) is 62.3 Å². The molecule has 1 aliphatic heterocycles. The monoisotopic (exact) mass is 330 g/mol. The minimum absolute atomic E-state index is 0.122. The number of fused-ring (bicyclic) bond motifs is 1. The number of rotatable bonds is 4. The molecule has 1 N–H and O–H groups in total. The van der Waals surface area contributed by atoms with Gasteiger partial charge in [-0.1, -0.05) is 0 Å². The molecule has 6 nitrogen and oxygen atoms in total. The maximum Gasteiger partial charge on any atom is 0.277 e. The second-order valence-electron chi connectivity index (χ2n) is 8.14. The van der Waals surface area contributed by atoms with Crippen LogP contribution < -0.4 is 14.8 Å². The van der Waals surface area contributed by atoms with Crippen LogP contribution in [0.5, 0.6) is 11.5 Å². The third kappa shape index (κ3) is 2.27. The van der Waals surface area contributed by atoms with Crippen molar-refractivity contribution in [2.24, 2.45) is 17.8 Å². The zero-order valence-corrected chi connectivity index (χ0v) is 13.6. The lowest BCUT2D eigenvalue weighted by molar-refractivity contribution is -0.385. The Bertz CT molecular complexity index is 667. The molecule has 4 aliphatic carbocycles. The number of ether oxygens (including phenoxy) is 2. The fraction of sp³-hybridized carbons (Fsp3) is 0.667. The summed E-state index contributed by atoms with van der Waals surface area (Å²) in [5.74, 6) is 3.66. The van der Waals surface area contributed by atoms with Crippen LogP contribution in [0, 0.1) is 27.9 Å². The molecule has 1 heterocycles. The number of hydrogen-bond donors (Lipinski definition) is 1. The van der Waals surface area contributed by atoms with Crippen molar-refractivity contribution in [2.45, 2.75) is 50.6 Å². The summed E-state index contributed by atoms with van der Waals surface area (Å²) < 4.78 is 10.7. The molecule has 4 saturated carbocycles. The van der Waals surface area contributed by atoms with Crippen molar-refractivity contribution in [3.8, 4) is 11.5 Å². The number of hydrogen-bond acceptors (Lipinski definition) is 5. The molecule has 24 heavy (non-hydrogen) atoms. The first-order valence-electron chi connectivity index (χ1n) is 8.92. The molecule has 0 aromatic heterocycles. The maximum absolute atomic E-state index is 11.4. The van der Waals surface area contributed by atoms with Gasteiger partial charge in [-0.15, -0.1) is 0 Å². The van der Waals surface area contributed by atoms with Crippen LogP contribution in [-0.2, 0) is 6.54 Å². The summed E-state index contributed by atoms with van der Waals surface area (Å²) in [5, 5.41) is 15.2. The lowest BCUT2D eigenvalue weighted by Gasteiger charge is -2.57. The Hall–Kier alpha value is -1.82. The van der Waals surface area contributed by atoms with Crippen molar-refractivity contribution in [1.82, 2.24) is 5.32 Å². The van der Waals surface area contributed by atoms with Crippen molar-refractivity contribution in [3.05, 3.63) is 27.8 Å². The maximum atomic E-state index is 11.4. The fourth-order valence-electron chi connectivity index (χ4n) is 5.89. The summed E-state index contributed by atoms with van der Waals surface area (Å²) >= 11 is 0. The summed E-state index contributed by atoms with van der Waals surface area (Å²) in [6.07, 6.45) is 7.88. The lowest BCUT2D eigenvalue weighted by atomic mass is 9.53. The highest BCUT2D eigenvalue weighted by molar-refractivity contribution is 5.55. The average Bonchev–Trinajstić information content (AvgIpc) is 2.98. The van der Waals surface area contributed by atoms with E-state index in [1.54, 1.807) is 6.07 Å². The Morgan fingerprint density at radius 1 is 1.08 bits per heavy atom. The topological polar surface area (TPSA) is 73.6 Å². The standard InChI is InChI=1S/C18H22N2O4/c21-20(22)15-5-17-16(23-10-24-17)4-14(15)9-19-18-6-11-1-12(7-18)3-13(2-11)8-18/h4-5,11-13,19H,1-3,6-10H2. The number of nitrogens with zero attached hydrogens (tertiary/aromatic N) is 1. The van der Waals surface area contributed by atoms with Crippen molar-refractivity contribution in [2.75, 3.05) is 6.79 Å². The molecule has 0 radical (unpaired) electrons. The van der Waals surface area contributed by atoms with Crippen LogP contribution in [-0.4, -0.2) is 17.3 Å². The minimum atomic E-state index is -0.321. The van der Waals surface area contributed by atoms with Gasteiger partial charge in [-0.25, -0.2) is 0 Å². The SMILES string of the molecule is O=[N+]([O-])c1cc2c(cc1CNC13CC4CC(CC(C4)C1)C3)OCO2.